The lowest BCUT2D eigenvalue weighted by Crippen LogP contribution is -2.50. The van der Waals surface area contributed by atoms with E-state index in [1.165, 1.54) is 56.8 Å². The second-order valence-electron chi connectivity index (χ2n) is 9.03. The van der Waals surface area contributed by atoms with E-state index >= 15 is 0 Å². The van der Waals surface area contributed by atoms with Crippen molar-refractivity contribution in [3.05, 3.63) is 29.8 Å². The Hall–Kier alpha value is -2.04. The van der Waals surface area contributed by atoms with Gasteiger partial charge in [0.25, 0.3) is 5.91 Å². The number of hydrogen-bond acceptors (Lipinski definition) is 3. The van der Waals surface area contributed by atoms with Crippen molar-refractivity contribution in [2.45, 2.75) is 75.7 Å². The molecule has 2 aliphatic rings. The van der Waals surface area contributed by atoms with Crippen LogP contribution in [0.25, 0.3) is 0 Å². The van der Waals surface area contributed by atoms with Gasteiger partial charge in [0.2, 0.25) is 0 Å². The lowest BCUT2D eigenvalue weighted by atomic mass is 9.79. The lowest BCUT2D eigenvalue weighted by Gasteiger charge is -2.35. The maximum absolute atomic E-state index is 13.3. The number of benzene rings is 1. The molecule has 0 saturated heterocycles. The molecule has 1 aromatic rings. The van der Waals surface area contributed by atoms with Gasteiger partial charge in [-0.1, -0.05) is 63.1 Å². The number of carbonyl (C=O) groups is 1. The SMILES string of the molecule is CN(C)C(=O)C(COc1ccccc1C1CCCC1)(CC1CCCCC1)N=CN. The average Bonchev–Trinajstić information content (AvgIpc) is 3.27. The summed E-state index contributed by atoms with van der Waals surface area (Å²) in [6.07, 6.45) is 13.0. The summed E-state index contributed by atoms with van der Waals surface area (Å²) in [4.78, 5) is 19.4. The third-order valence-electron chi connectivity index (χ3n) is 6.66. The maximum Gasteiger partial charge on any atom is 0.253 e. The fraction of sp³-hybridized carbons (Fsp3) is 0.667. The molecular weight excluding hydrogens is 362 g/mol. The molecule has 2 aliphatic carbocycles. The largest absolute Gasteiger partial charge is 0.490 e. The molecule has 0 spiro atoms. The third kappa shape index (κ3) is 5.31. The summed E-state index contributed by atoms with van der Waals surface area (Å²) in [5, 5.41) is 0. The van der Waals surface area contributed by atoms with E-state index < -0.39 is 5.54 Å². The molecule has 2 fully saturated rings. The molecule has 160 valence electrons. The fourth-order valence-corrected chi connectivity index (χ4v) is 5.16. The molecule has 2 N–H and O–H groups in total. The molecule has 1 amide bonds. The molecule has 2 saturated carbocycles. The first-order chi connectivity index (χ1) is 14.1. The van der Waals surface area contributed by atoms with Gasteiger partial charge in [-0.25, -0.2) is 0 Å². The highest BCUT2D eigenvalue weighted by Gasteiger charge is 2.42. The van der Waals surface area contributed by atoms with Gasteiger partial charge in [-0.3, -0.25) is 9.79 Å². The van der Waals surface area contributed by atoms with E-state index in [0.29, 0.717) is 18.3 Å². The second-order valence-corrected chi connectivity index (χ2v) is 9.03. The molecule has 1 aromatic carbocycles. The Bertz CT molecular complexity index is 691. The molecule has 3 rings (SSSR count). The molecular formula is C24H37N3O2. The minimum absolute atomic E-state index is 0.0249. The van der Waals surface area contributed by atoms with Gasteiger partial charge in [0.05, 0.1) is 6.34 Å². The van der Waals surface area contributed by atoms with Crippen LogP contribution < -0.4 is 10.5 Å². The van der Waals surface area contributed by atoms with E-state index in [2.05, 4.69) is 17.1 Å². The molecule has 0 heterocycles. The molecule has 5 heteroatoms. The molecule has 29 heavy (non-hydrogen) atoms. The van der Waals surface area contributed by atoms with E-state index in [1.54, 1.807) is 19.0 Å². The van der Waals surface area contributed by atoms with Crippen LogP contribution in [0.4, 0.5) is 0 Å². The van der Waals surface area contributed by atoms with Gasteiger partial charge in [-0.15, -0.1) is 0 Å². The molecule has 1 unspecified atom stereocenters. The fourth-order valence-electron chi connectivity index (χ4n) is 5.16. The summed E-state index contributed by atoms with van der Waals surface area (Å²) in [7, 11) is 3.58. The van der Waals surface area contributed by atoms with Gasteiger partial charge in [0, 0.05) is 14.1 Å². The smallest absolute Gasteiger partial charge is 0.253 e. The predicted molar refractivity (Wildman–Crippen MR) is 118 cm³/mol. The van der Waals surface area contributed by atoms with Crippen LogP contribution in [0.5, 0.6) is 5.75 Å². The minimum atomic E-state index is -0.955. The van der Waals surface area contributed by atoms with Gasteiger partial charge < -0.3 is 15.4 Å². The number of hydrogen-bond donors (Lipinski definition) is 1. The summed E-state index contributed by atoms with van der Waals surface area (Å²) in [6.45, 7) is 0.234. The van der Waals surface area contributed by atoms with Crippen molar-refractivity contribution in [1.29, 1.82) is 0 Å². The van der Waals surface area contributed by atoms with Crippen molar-refractivity contribution < 1.29 is 9.53 Å². The molecule has 1 atom stereocenters. The molecule has 0 radical (unpaired) electrons. The van der Waals surface area contributed by atoms with Crippen molar-refractivity contribution in [2.24, 2.45) is 16.6 Å². The van der Waals surface area contributed by atoms with Gasteiger partial charge in [-0.05, 0) is 42.7 Å². The van der Waals surface area contributed by atoms with Gasteiger partial charge >= 0.3 is 0 Å². The maximum atomic E-state index is 13.3. The van der Waals surface area contributed by atoms with Gasteiger partial charge in [-0.2, -0.15) is 0 Å². The first kappa shape index (κ1) is 21.7. The Balaban J connectivity index is 1.83. The highest BCUT2D eigenvalue weighted by Crippen LogP contribution is 2.39. The van der Waals surface area contributed by atoms with Crippen LogP contribution in [0.1, 0.15) is 75.7 Å². The van der Waals surface area contributed by atoms with Crippen LogP contribution in [0.2, 0.25) is 0 Å². The Labute approximate surface area is 175 Å². The van der Waals surface area contributed by atoms with E-state index in [1.807, 2.05) is 12.1 Å². The Morgan fingerprint density at radius 2 is 1.79 bits per heavy atom. The number of likely N-dealkylation sites (N-methyl/N-ethyl adjacent to an activating group) is 1. The normalized spacial score (nSPS) is 20.6. The highest BCUT2D eigenvalue weighted by atomic mass is 16.5. The summed E-state index contributed by atoms with van der Waals surface area (Å²) in [5.74, 6) is 1.92. The van der Waals surface area contributed by atoms with Crippen LogP contribution in [0.15, 0.2) is 29.3 Å². The van der Waals surface area contributed by atoms with Crippen molar-refractivity contribution in [1.82, 2.24) is 4.90 Å². The van der Waals surface area contributed by atoms with E-state index in [9.17, 15) is 4.79 Å². The van der Waals surface area contributed by atoms with Crippen LogP contribution in [0, 0.1) is 5.92 Å². The highest BCUT2D eigenvalue weighted by molar-refractivity contribution is 5.87. The number of aliphatic imine (C=N–C) groups is 1. The number of carbonyl (C=O) groups excluding carboxylic acids is 1. The number of para-hydroxylation sites is 1. The predicted octanol–water partition coefficient (Wildman–Crippen LogP) is 4.51. The van der Waals surface area contributed by atoms with E-state index in [4.69, 9.17) is 10.5 Å². The van der Waals surface area contributed by atoms with Gasteiger partial charge in [0.1, 0.15) is 12.4 Å². The first-order valence-corrected chi connectivity index (χ1v) is 11.2. The summed E-state index contributed by atoms with van der Waals surface area (Å²) >= 11 is 0. The number of nitrogens with zero attached hydrogens (tertiary/aromatic N) is 2. The van der Waals surface area contributed by atoms with E-state index in [0.717, 1.165) is 18.6 Å². The zero-order chi connectivity index (χ0) is 20.7. The van der Waals surface area contributed by atoms with Crippen LogP contribution in [-0.2, 0) is 4.79 Å². The zero-order valence-corrected chi connectivity index (χ0v) is 18.1. The number of nitrogens with two attached hydrogens (primary N) is 1. The van der Waals surface area contributed by atoms with E-state index in [-0.39, 0.29) is 12.5 Å². The molecule has 5 nitrogen and oxygen atoms in total. The number of rotatable bonds is 8. The van der Waals surface area contributed by atoms with Crippen LogP contribution in [-0.4, -0.2) is 43.4 Å². The van der Waals surface area contributed by atoms with Gasteiger partial charge in [0.15, 0.2) is 5.54 Å². The zero-order valence-electron chi connectivity index (χ0n) is 18.1. The van der Waals surface area contributed by atoms with Crippen molar-refractivity contribution in [3.8, 4) is 5.75 Å². The lowest BCUT2D eigenvalue weighted by molar-refractivity contribution is -0.136. The Kier molecular flexibility index (Phi) is 7.57. The summed E-state index contributed by atoms with van der Waals surface area (Å²) in [5.41, 5.74) is 6.05. The van der Waals surface area contributed by atoms with Crippen molar-refractivity contribution in [3.63, 3.8) is 0 Å². The number of ether oxygens (including phenoxy) is 1. The van der Waals surface area contributed by atoms with Crippen molar-refractivity contribution in [2.75, 3.05) is 20.7 Å². The second kappa shape index (κ2) is 10.1. The first-order valence-electron chi connectivity index (χ1n) is 11.2. The molecule has 0 bridgehead atoms. The summed E-state index contributed by atoms with van der Waals surface area (Å²) in [6, 6.07) is 8.30. The quantitative estimate of drug-likeness (QED) is 0.517. The number of amides is 1. The standard InChI is InChI=1S/C24H37N3O2/c1-27(2)23(28)24(26-18-25,16-19-10-4-3-5-11-19)17-29-22-15-9-8-14-21(22)20-12-6-7-13-20/h8-9,14-15,18-20H,3-7,10-13,16-17H2,1-2H3,(H2,25,26). The van der Waals surface area contributed by atoms with Crippen LogP contribution >= 0.6 is 0 Å². The molecule has 0 aromatic heterocycles. The van der Waals surface area contributed by atoms with Crippen LogP contribution in [0.3, 0.4) is 0 Å². The topological polar surface area (TPSA) is 67.9 Å². The summed E-state index contributed by atoms with van der Waals surface area (Å²) < 4.78 is 6.36. The monoisotopic (exact) mass is 399 g/mol. The average molecular weight is 400 g/mol. The Morgan fingerprint density at radius 3 is 2.45 bits per heavy atom. The molecule has 0 aliphatic heterocycles. The minimum Gasteiger partial charge on any atom is -0.490 e. The Morgan fingerprint density at radius 1 is 1.14 bits per heavy atom. The van der Waals surface area contributed by atoms with Crippen molar-refractivity contribution >= 4 is 12.2 Å². The third-order valence-corrected chi connectivity index (χ3v) is 6.66.